The molecule has 1 aromatic heterocycles. The van der Waals surface area contributed by atoms with E-state index in [2.05, 4.69) is 59.0 Å². The van der Waals surface area contributed by atoms with Crippen LogP contribution in [0.15, 0.2) is 16.5 Å². The number of hydrogen-bond donors (Lipinski definition) is 1. The molecule has 0 aromatic carbocycles. The molecule has 1 aliphatic carbocycles. The Kier molecular flexibility index (Phi) is 3.83. The molecule has 1 aromatic rings. The fourth-order valence-corrected chi connectivity index (χ4v) is 3.52. The Morgan fingerprint density at radius 2 is 1.79 bits per heavy atom. The molecule has 1 atom stereocenters. The SMILES string of the molecule is CCCNC(c1ccc(CC)o1)C1C(C)(C)C1(C)C. The zero-order valence-corrected chi connectivity index (χ0v) is 13.3. The van der Waals surface area contributed by atoms with Crippen LogP contribution in [0.2, 0.25) is 0 Å². The summed E-state index contributed by atoms with van der Waals surface area (Å²) in [7, 11) is 0. The maximum absolute atomic E-state index is 6.02. The third-order valence-electron chi connectivity index (χ3n) is 5.42. The molecule has 108 valence electrons. The van der Waals surface area contributed by atoms with E-state index in [1.54, 1.807) is 0 Å². The molecule has 2 heteroatoms. The van der Waals surface area contributed by atoms with E-state index < -0.39 is 0 Å². The topological polar surface area (TPSA) is 25.2 Å². The predicted octanol–water partition coefficient (Wildman–Crippen LogP) is 4.56. The summed E-state index contributed by atoms with van der Waals surface area (Å²) < 4.78 is 6.02. The molecule has 0 bridgehead atoms. The Morgan fingerprint density at radius 1 is 1.16 bits per heavy atom. The molecule has 1 aliphatic rings. The van der Waals surface area contributed by atoms with Gasteiger partial charge in [-0.05, 0) is 41.8 Å². The van der Waals surface area contributed by atoms with Gasteiger partial charge < -0.3 is 9.73 Å². The number of rotatable bonds is 6. The van der Waals surface area contributed by atoms with Crippen molar-refractivity contribution in [2.75, 3.05) is 6.54 Å². The lowest BCUT2D eigenvalue weighted by Crippen LogP contribution is -2.25. The van der Waals surface area contributed by atoms with Crippen molar-refractivity contribution in [3.05, 3.63) is 23.7 Å². The van der Waals surface area contributed by atoms with Crippen molar-refractivity contribution in [3.8, 4) is 0 Å². The van der Waals surface area contributed by atoms with Gasteiger partial charge in [-0.2, -0.15) is 0 Å². The zero-order chi connectivity index (χ0) is 14.3. The van der Waals surface area contributed by atoms with Crippen LogP contribution in [0.25, 0.3) is 0 Å². The third-order valence-corrected chi connectivity index (χ3v) is 5.42. The molecule has 0 saturated heterocycles. The van der Waals surface area contributed by atoms with Gasteiger partial charge in [-0.15, -0.1) is 0 Å². The Balaban J connectivity index is 2.22. The Hall–Kier alpha value is -0.760. The second kappa shape index (κ2) is 4.97. The summed E-state index contributed by atoms with van der Waals surface area (Å²) in [6.45, 7) is 14.9. The van der Waals surface area contributed by atoms with Crippen LogP contribution in [-0.4, -0.2) is 6.54 Å². The first-order valence-corrected chi connectivity index (χ1v) is 7.68. The fraction of sp³-hybridized carbons (Fsp3) is 0.765. The average molecular weight is 263 g/mol. The summed E-state index contributed by atoms with van der Waals surface area (Å²) in [5.41, 5.74) is 0.745. The van der Waals surface area contributed by atoms with Crippen molar-refractivity contribution in [1.82, 2.24) is 5.32 Å². The summed E-state index contributed by atoms with van der Waals surface area (Å²) in [5, 5.41) is 3.70. The van der Waals surface area contributed by atoms with Crippen molar-refractivity contribution < 1.29 is 4.42 Å². The van der Waals surface area contributed by atoms with Crippen LogP contribution in [-0.2, 0) is 6.42 Å². The lowest BCUT2D eigenvalue weighted by atomic mass is 10.0. The normalized spacial score (nSPS) is 22.4. The highest BCUT2D eigenvalue weighted by molar-refractivity contribution is 5.22. The summed E-state index contributed by atoms with van der Waals surface area (Å²) in [6, 6.07) is 4.64. The van der Waals surface area contributed by atoms with E-state index in [-0.39, 0.29) is 0 Å². The minimum atomic E-state index is 0.352. The van der Waals surface area contributed by atoms with Gasteiger partial charge in [-0.3, -0.25) is 0 Å². The van der Waals surface area contributed by atoms with E-state index >= 15 is 0 Å². The summed E-state index contributed by atoms with van der Waals surface area (Å²) in [4.78, 5) is 0. The van der Waals surface area contributed by atoms with Crippen LogP contribution in [0, 0.1) is 16.7 Å². The lowest BCUT2D eigenvalue weighted by molar-refractivity contribution is 0.333. The quantitative estimate of drug-likeness (QED) is 0.813. The highest BCUT2D eigenvalue weighted by Crippen LogP contribution is 2.72. The van der Waals surface area contributed by atoms with Crippen LogP contribution in [0.3, 0.4) is 0 Å². The number of nitrogens with one attached hydrogen (secondary N) is 1. The van der Waals surface area contributed by atoms with Crippen LogP contribution < -0.4 is 5.32 Å². The Morgan fingerprint density at radius 3 is 2.21 bits per heavy atom. The predicted molar refractivity (Wildman–Crippen MR) is 80.2 cm³/mol. The minimum absolute atomic E-state index is 0.352. The van der Waals surface area contributed by atoms with E-state index in [0.29, 0.717) is 22.8 Å². The van der Waals surface area contributed by atoms with Gasteiger partial charge in [0.15, 0.2) is 0 Å². The van der Waals surface area contributed by atoms with Crippen LogP contribution in [0.1, 0.15) is 65.5 Å². The first-order chi connectivity index (χ1) is 8.86. The molecule has 1 fully saturated rings. The van der Waals surface area contributed by atoms with E-state index in [9.17, 15) is 0 Å². The molecule has 0 amide bonds. The number of aryl methyl sites for hydroxylation is 1. The molecule has 2 nitrogen and oxygen atoms in total. The van der Waals surface area contributed by atoms with Crippen molar-refractivity contribution in [1.29, 1.82) is 0 Å². The van der Waals surface area contributed by atoms with Gasteiger partial charge in [0.2, 0.25) is 0 Å². The van der Waals surface area contributed by atoms with Crippen LogP contribution in [0.4, 0.5) is 0 Å². The molecular formula is C17H29NO. The maximum Gasteiger partial charge on any atom is 0.121 e. The second-order valence-corrected chi connectivity index (χ2v) is 7.01. The summed E-state index contributed by atoms with van der Waals surface area (Å²) in [6.07, 6.45) is 2.13. The smallest absolute Gasteiger partial charge is 0.121 e. The van der Waals surface area contributed by atoms with Crippen LogP contribution in [0.5, 0.6) is 0 Å². The van der Waals surface area contributed by atoms with E-state index in [1.807, 2.05) is 0 Å². The number of furan rings is 1. The molecule has 1 heterocycles. The van der Waals surface area contributed by atoms with Gasteiger partial charge in [0, 0.05) is 6.42 Å². The van der Waals surface area contributed by atoms with Crippen LogP contribution >= 0.6 is 0 Å². The molecule has 2 rings (SSSR count). The maximum atomic E-state index is 6.02. The highest BCUT2D eigenvalue weighted by Gasteiger charge is 2.67. The van der Waals surface area contributed by atoms with Gasteiger partial charge in [-0.25, -0.2) is 0 Å². The zero-order valence-electron chi connectivity index (χ0n) is 13.3. The van der Waals surface area contributed by atoms with Gasteiger partial charge in [0.05, 0.1) is 6.04 Å². The molecule has 19 heavy (non-hydrogen) atoms. The average Bonchev–Trinajstić information content (AvgIpc) is 2.75. The molecular weight excluding hydrogens is 234 g/mol. The third kappa shape index (κ3) is 2.35. The van der Waals surface area contributed by atoms with Gasteiger partial charge in [0.1, 0.15) is 11.5 Å². The standard InChI is InChI=1S/C17H29NO/c1-7-11-18-14(13-10-9-12(8-2)19-13)15-16(3,4)17(15,5)6/h9-10,14-15,18H,7-8,11H2,1-6H3. The van der Waals surface area contributed by atoms with Crippen molar-refractivity contribution in [2.24, 2.45) is 16.7 Å². The molecule has 1 saturated carbocycles. The molecule has 1 unspecified atom stereocenters. The monoisotopic (exact) mass is 263 g/mol. The van der Waals surface area contributed by atoms with Crippen molar-refractivity contribution in [3.63, 3.8) is 0 Å². The highest BCUT2D eigenvalue weighted by atomic mass is 16.3. The van der Waals surface area contributed by atoms with E-state index in [0.717, 1.165) is 30.9 Å². The Bertz CT molecular complexity index is 416. The molecule has 0 radical (unpaired) electrons. The number of hydrogen-bond acceptors (Lipinski definition) is 2. The summed E-state index contributed by atoms with van der Waals surface area (Å²) >= 11 is 0. The van der Waals surface area contributed by atoms with Gasteiger partial charge in [0.25, 0.3) is 0 Å². The van der Waals surface area contributed by atoms with Crippen molar-refractivity contribution >= 4 is 0 Å². The molecule has 0 aliphatic heterocycles. The molecule has 1 N–H and O–H groups in total. The first-order valence-electron chi connectivity index (χ1n) is 7.68. The fourth-order valence-electron chi connectivity index (χ4n) is 3.52. The van der Waals surface area contributed by atoms with Crippen molar-refractivity contribution in [2.45, 2.75) is 60.4 Å². The van der Waals surface area contributed by atoms with E-state index in [1.165, 1.54) is 0 Å². The minimum Gasteiger partial charge on any atom is -0.464 e. The molecule has 0 spiro atoms. The van der Waals surface area contributed by atoms with E-state index in [4.69, 9.17) is 4.42 Å². The van der Waals surface area contributed by atoms with Gasteiger partial charge in [-0.1, -0.05) is 41.5 Å². The lowest BCUT2D eigenvalue weighted by Gasteiger charge is -2.18. The largest absolute Gasteiger partial charge is 0.464 e. The second-order valence-electron chi connectivity index (χ2n) is 7.01. The Labute approximate surface area is 118 Å². The summed E-state index contributed by atoms with van der Waals surface area (Å²) in [5.74, 6) is 2.85. The first kappa shape index (κ1) is 14.6. The van der Waals surface area contributed by atoms with Gasteiger partial charge >= 0.3 is 0 Å².